The van der Waals surface area contributed by atoms with Crippen LogP contribution < -0.4 is 10.2 Å². The summed E-state index contributed by atoms with van der Waals surface area (Å²) in [6, 6.07) is 0. The molecule has 0 bridgehead atoms. The van der Waals surface area contributed by atoms with Crippen molar-refractivity contribution in [1.29, 1.82) is 0 Å². The monoisotopic (exact) mass is 336 g/mol. The fraction of sp³-hybridized carbons (Fsp3) is 0.750. The van der Waals surface area contributed by atoms with E-state index in [2.05, 4.69) is 20.1 Å². The first-order chi connectivity index (χ1) is 11.3. The summed E-state index contributed by atoms with van der Waals surface area (Å²) in [7, 11) is 0. The number of carbonyl (C=O) groups is 1. The summed E-state index contributed by atoms with van der Waals surface area (Å²) in [6.45, 7) is 6.80. The standard InChI is InChI=1S/C16H24N4O2S/c21-14-16(1-3-17-4-2-16)11-13(22-14)12-19-6-8-20(9-7-19)15-18-5-10-23-15/h5,10,13,17H,1-4,6-9,11-12H2. The average molecular weight is 336 g/mol. The molecule has 0 aromatic carbocycles. The summed E-state index contributed by atoms with van der Waals surface area (Å²) >= 11 is 1.70. The number of nitrogens with one attached hydrogen (secondary N) is 1. The largest absolute Gasteiger partial charge is 0.461 e. The Labute approximate surface area is 140 Å². The van der Waals surface area contributed by atoms with Crippen LogP contribution in [0.25, 0.3) is 0 Å². The van der Waals surface area contributed by atoms with Crippen molar-refractivity contribution in [2.24, 2.45) is 5.41 Å². The Morgan fingerprint density at radius 3 is 2.78 bits per heavy atom. The van der Waals surface area contributed by atoms with E-state index in [1.165, 1.54) is 0 Å². The third-order valence-electron chi connectivity index (χ3n) is 5.41. The number of piperidine rings is 1. The summed E-state index contributed by atoms with van der Waals surface area (Å²) in [5, 5.41) is 6.48. The van der Waals surface area contributed by atoms with Gasteiger partial charge in [-0.15, -0.1) is 11.3 Å². The van der Waals surface area contributed by atoms with Gasteiger partial charge in [0.2, 0.25) is 0 Å². The first-order valence-corrected chi connectivity index (χ1v) is 9.42. The number of rotatable bonds is 3. The van der Waals surface area contributed by atoms with Crippen molar-refractivity contribution in [3.8, 4) is 0 Å². The maximum absolute atomic E-state index is 12.3. The molecule has 3 aliphatic heterocycles. The highest BCUT2D eigenvalue weighted by molar-refractivity contribution is 7.13. The number of thiazole rings is 1. The Balaban J connectivity index is 1.29. The van der Waals surface area contributed by atoms with Gasteiger partial charge >= 0.3 is 5.97 Å². The molecule has 1 unspecified atom stereocenters. The predicted octanol–water partition coefficient (Wildman–Crippen LogP) is 0.950. The summed E-state index contributed by atoms with van der Waals surface area (Å²) in [5.41, 5.74) is -0.196. The van der Waals surface area contributed by atoms with Gasteiger partial charge in [-0.3, -0.25) is 9.69 Å². The highest BCUT2D eigenvalue weighted by Crippen LogP contribution is 2.41. The zero-order chi connectivity index (χ0) is 15.7. The maximum Gasteiger partial charge on any atom is 0.312 e. The van der Waals surface area contributed by atoms with Gasteiger partial charge in [0.25, 0.3) is 0 Å². The van der Waals surface area contributed by atoms with Crippen molar-refractivity contribution in [3.63, 3.8) is 0 Å². The Bertz CT molecular complexity index is 536. The van der Waals surface area contributed by atoms with Crippen molar-refractivity contribution in [2.45, 2.75) is 25.4 Å². The van der Waals surface area contributed by atoms with Gasteiger partial charge in [-0.2, -0.15) is 0 Å². The van der Waals surface area contributed by atoms with Crippen LogP contribution in [0.3, 0.4) is 0 Å². The summed E-state index contributed by atoms with van der Waals surface area (Å²) < 4.78 is 5.72. The molecule has 3 saturated heterocycles. The van der Waals surface area contributed by atoms with Crippen molar-refractivity contribution in [1.82, 2.24) is 15.2 Å². The molecule has 0 saturated carbocycles. The normalized spacial score (nSPS) is 28.3. The molecule has 126 valence electrons. The van der Waals surface area contributed by atoms with E-state index in [1.807, 2.05) is 11.6 Å². The highest BCUT2D eigenvalue weighted by Gasteiger charge is 2.49. The molecular weight excluding hydrogens is 312 g/mol. The molecule has 4 heterocycles. The maximum atomic E-state index is 12.3. The zero-order valence-corrected chi connectivity index (χ0v) is 14.2. The van der Waals surface area contributed by atoms with Gasteiger partial charge in [-0.1, -0.05) is 0 Å². The van der Waals surface area contributed by atoms with Gasteiger partial charge < -0.3 is 15.0 Å². The van der Waals surface area contributed by atoms with Crippen LogP contribution in [0.2, 0.25) is 0 Å². The van der Waals surface area contributed by atoms with E-state index in [4.69, 9.17) is 4.74 Å². The summed E-state index contributed by atoms with van der Waals surface area (Å²) in [6.07, 6.45) is 4.70. The first-order valence-electron chi connectivity index (χ1n) is 8.54. The lowest BCUT2D eigenvalue weighted by Gasteiger charge is -2.35. The number of aromatic nitrogens is 1. The van der Waals surface area contributed by atoms with Crippen LogP contribution in [0.15, 0.2) is 11.6 Å². The molecule has 0 radical (unpaired) electrons. The molecule has 0 aliphatic carbocycles. The van der Waals surface area contributed by atoms with Gasteiger partial charge in [0.15, 0.2) is 5.13 Å². The van der Waals surface area contributed by atoms with Gasteiger partial charge in [-0.25, -0.2) is 4.98 Å². The third-order valence-corrected chi connectivity index (χ3v) is 6.24. The van der Waals surface area contributed by atoms with Crippen LogP contribution in [0.5, 0.6) is 0 Å². The zero-order valence-electron chi connectivity index (χ0n) is 13.4. The minimum atomic E-state index is -0.196. The number of hydrogen-bond donors (Lipinski definition) is 1. The smallest absolute Gasteiger partial charge is 0.312 e. The van der Waals surface area contributed by atoms with E-state index >= 15 is 0 Å². The fourth-order valence-corrected chi connectivity index (χ4v) is 4.73. The molecule has 0 amide bonds. The molecule has 1 spiro atoms. The van der Waals surface area contributed by atoms with Gasteiger partial charge in [0.05, 0.1) is 5.41 Å². The van der Waals surface area contributed by atoms with Crippen LogP contribution in [-0.4, -0.2) is 67.8 Å². The number of cyclic esters (lactones) is 1. The number of ether oxygens (including phenoxy) is 1. The van der Waals surface area contributed by atoms with Crippen molar-refractivity contribution < 1.29 is 9.53 Å². The van der Waals surface area contributed by atoms with Crippen molar-refractivity contribution in [3.05, 3.63) is 11.6 Å². The van der Waals surface area contributed by atoms with Crippen LogP contribution in [0.4, 0.5) is 5.13 Å². The fourth-order valence-electron chi connectivity index (χ4n) is 4.03. The number of carbonyl (C=O) groups excluding carboxylic acids is 1. The lowest BCUT2D eigenvalue weighted by Crippen LogP contribution is -2.48. The molecule has 1 N–H and O–H groups in total. The second-order valence-electron chi connectivity index (χ2n) is 6.86. The van der Waals surface area contributed by atoms with E-state index in [-0.39, 0.29) is 17.5 Å². The molecule has 1 aromatic heterocycles. The molecule has 23 heavy (non-hydrogen) atoms. The average Bonchev–Trinajstić information content (AvgIpc) is 3.19. The molecule has 7 heteroatoms. The lowest BCUT2D eigenvalue weighted by atomic mass is 9.76. The topological polar surface area (TPSA) is 57.7 Å². The number of nitrogens with zero attached hydrogens (tertiary/aromatic N) is 3. The van der Waals surface area contributed by atoms with E-state index in [1.54, 1.807) is 11.3 Å². The van der Waals surface area contributed by atoms with Gasteiger partial charge in [0.1, 0.15) is 6.10 Å². The van der Waals surface area contributed by atoms with Crippen LogP contribution >= 0.6 is 11.3 Å². The summed E-state index contributed by atoms with van der Waals surface area (Å²) in [5.74, 6) is 0.0467. The van der Waals surface area contributed by atoms with Crippen LogP contribution in [0, 0.1) is 5.41 Å². The number of hydrogen-bond acceptors (Lipinski definition) is 7. The second kappa shape index (κ2) is 6.37. The predicted molar refractivity (Wildman–Crippen MR) is 89.8 cm³/mol. The summed E-state index contributed by atoms with van der Waals surface area (Å²) in [4.78, 5) is 21.5. The second-order valence-corrected chi connectivity index (χ2v) is 7.74. The Morgan fingerprint density at radius 2 is 2.09 bits per heavy atom. The Morgan fingerprint density at radius 1 is 1.30 bits per heavy atom. The number of esters is 1. The number of anilines is 1. The Kier molecular flexibility index (Phi) is 4.26. The highest BCUT2D eigenvalue weighted by atomic mass is 32.1. The third kappa shape index (κ3) is 3.09. The van der Waals surface area contributed by atoms with E-state index < -0.39 is 0 Å². The quantitative estimate of drug-likeness (QED) is 0.830. The van der Waals surface area contributed by atoms with Crippen LogP contribution in [0.1, 0.15) is 19.3 Å². The minimum Gasteiger partial charge on any atom is -0.461 e. The molecule has 1 atom stereocenters. The van der Waals surface area contributed by atoms with Crippen molar-refractivity contribution >= 4 is 22.4 Å². The van der Waals surface area contributed by atoms with Gasteiger partial charge in [0, 0.05) is 50.7 Å². The minimum absolute atomic E-state index is 0.0467. The molecule has 4 rings (SSSR count). The van der Waals surface area contributed by atoms with Gasteiger partial charge in [-0.05, 0) is 25.9 Å². The van der Waals surface area contributed by atoms with E-state index in [0.29, 0.717) is 0 Å². The molecule has 3 aliphatic rings. The van der Waals surface area contributed by atoms with Crippen molar-refractivity contribution in [2.75, 3.05) is 50.7 Å². The first kappa shape index (κ1) is 15.4. The molecular formula is C16H24N4O2S. The lowest BCUT2D eigenvalue weighted by molar-refractivity contribution is -0.150. The van der Waals surface area contributed by atoms with E-state index in [9.17, 15) is 4.79 Å². The molecule has 3 fully saturated rings. The molecule has 6 nitrogen and oxygen atoms in total. The Hall–Kier alpha value is -1.18. The molecule has 1 aromatic rings. The van der Waals surface area contributed by atoms with E-state index in [0.717, 1.165) is 70.2 Å². The number of piperazine rings is 1. The van der Waals surface area contributed by atoms with Crippen LogP contribution in [-0.2, 0) is 9.53 Å². The SMILES string of the molecule is O=C1OC(CN2CCN(c3nccs3)CC2)CC12CCNCC2.